The second kappa shape index (κ2) is 4.15. The maximum atomic E-state index is 11.7. The summed E-state index contributed by atoms with van der Waals surface area (Å²) in [4.78, 5) is 13.9. The maximum absolute atomic E-state index is 11.7. The van der Waals surface area contributed by atoms with Crippen LogP contribution in [0.15, 0.2) is 4.52 Å². The lowest BCUT2D eigenvalue weighted by Crippen LogP contribution is -2.37. The molecule has 0 aliphatic heterocycles. The molecule has 1 aromatic heterocycles. The lowest BCUT2D eigenvalue weighted by Gasteiger charge is -2.05. The van der Waals surface area contributed by atoms with Gasteiger partial charge in [-0.3, -0.25) is 4.79 Å². The van der Waals surface area contributed by atoms with Gasteiger partial charge in [0.1, 0.15) is 0 Å². The molecule has 0 radical (unpaired) electrons. The molecule has 0 aliphatic carbocycles. The molecule has 0 aliphatic rings. The molecule has 84 valence electrons. The van der Waals surface area contributed by atoms with Crippen molar-refractivity contribution in [3.63, 3.8) is 0 Å². The number of alkyl halides is 3. The first kappa shape index (κ1) is 11.3. The number of rotatable bonds is 3. The average molecular weight is 224 g/mol. The van der Waals surface area contributed by atoms with Crippen LogP contribution in [0.3, 0.4) is 0 Å². The van der Waals surface area contributed by atoms with Crippen LogP contribution in [0.5, 0.6) is 0 Å². The lowest BCUT2D eigenvalue weighted by molar-refractivity contribution is -0.173. The average Bonchev–Trinajstić information content (AvgIpc) is 2.49. The molecule has 9 heteroatoms. The highest BCUT2D eigenvalue weighted by Crippen LogP contribution is 2.13. The van der Waals surface area contributed by atoms with Crippen molar-refractivity contribution >= 4 is 11.9 Å². The zero-order valence-electron chi connectivity index (χ0n) is 7.34. The predicted octanol–water partition coefficient (Wildman–Crippen LogP) is -0.127. The number of halogens is 3. The van der Waals surface area contributed by atoms with E-state index in [2.05, 4.69) is 14.7 Å². The number of nitrogens with two attached hydrogens (primary N) is 1. The summed E-state index contributed by atoms with van der Waals surface area (Å²) in [6.07, 6.45) is -4.89. The molecule has 0 aromatic carbocycles. The molecule has 1 rings (SSSR count). The topological polar surface area (TPSA) is 94.0 Å². The Morgan fingerprint density at radius 2 is 2.20 bits per heavy atom. The fourth-order valence-corrected chi connectivity index (χ4v) is 0.753. The molecule has 0 saturated heterocycles. The van der Waals surface area contributed by atoms with Crippen molar-refractivity contribution in [1.29, 1.82) is 0 Å². The normalized spacial score (nSPS) is 11.4. The van der Waals surface area contributed by atoms with E-state index < -0.39 is 12.1 Å². The van der Waals surface area contributed by atoms with E-state index in [1.54, 1.807) is 5.32 Å². The number of nitrogens with zero attached hydrogens (tertiary/aromatic N) is 2. The minimum absolute atomic E-state index is 0.00792. The van der Waals surface area contributed by atoms with Gasteiger partial charge < -0.3 is 15.6 Å². The number of anilines is 1. The fourth-order valence-electron chi connectivity index (χ4n) is 0.753. The number of amides is 1. The van der Waals surface area contributed by atoms with E-state index in [1.807, 2.05) is 0 Å². The van der Waals surface area contributed by atoms with Crippen molar-refractivity contribution in [3.05, 3.63) is 5.89 Å². The van der Waals surface area contributed by atoms with Gasteiger partial charge in [0, 0.05) is 13.0 Å². The third-order valence-corrected chi connectivity index (χ3v) is 1.37. The largest absolute Gasteiger partial charge is 0.471 e. The number of nitrogens with one attached hydrogen (secondary N) is 1. The first-order valence-corrected chi connectivity index (χ1v) is 3.82. The summed E-state index contributed by atoms with van der Waals surface area (Å²) in [5.74, 6) is -2.04. The van der Waals surface area contributed by atoms with Crippen molar-refractivity contribution in [2.75, 3.05) is 12.3 Å². The number of hydrogen-bond acceptors (Lipinski definition) is 5. The van der Waals surface area contributed by atoms with Gasteiger partial charge in [-0.1, -0.05) is 0 Å². The van der Waals surface area contributed by atoms with Crippen LogP contribution in [-0.4, -0.2) is 28.8 Å². The molecule has 0 bridgehead atoms. The lowest BCUT2D eigenvalue weighted by atomic mass is 10.4. The highest BCUT2D eigenvalue weighted by Gasteiger charge is 2.38. The second-order valence-electron chi connectivity index (χ2n) is 2.55. The molecular weight excluding hydrogens is 217 g/mol. The fraction of sp³-hybridized carbons (Fsp3) is 0.500. The third-order valence-electron chi connectivity index (χ3n) is 1.37. The highest BCUT2D eigenvalue weighted by molar-refractivity contribution is 5.81. The van der Waals surface area contributed by atoms with Gasteiger partial charge in [0.25, 0.3) is 5.95 Å². The number of nitrogen functional groups attached to an aromatic ring is 1. The summed E-state index contributed by atoms with van der Waals surface area (Å²) >= 11 is 0. The summed E-state index contributed by atoms with van der Waals surface area (Å²) < 4.78 is 39.6. The smallest absolute Gasteiger partial charge is 0.365 e. The minimum Gasteiger partial charge on any atom is -0.365 e. The van der Waals surface area contributed by atoms with Crippen molar-refractivity contribution in [3.8, 4) is 0 Å². The number of aromatic nitrogens is 2. The molecule has 0 unspecified atom stereocenters. The van der Waals surface area contributed by atoms with Gasteiger partial charge in [-0.2, -0.15) is 18.2 Å². The van der Waals surface area contributed by atoms with E-state index >= 15 is 0 Å². The maximum Gasteiger partial charge on any atom is 0.471 e. The van der Waals surface area contributed by atoms with E-state index in [9.17, 15) is 18.0 Å². The molecule has 1 aromatic rings. The van der Waals surface area contributed by atoms with Gasteiger partial charge in [-0.15, -0.1) is 0 Å². The molecule has 0 saturated carbocycles. The Morgan fingerprint density at radius 3 is 2.67 bits per heavy atom. The van der Waals surface area contributed by atoms with Gasteiger partial charge >= 0.3 is 12.1 Å². The Kier molecular flexibility index (Phi) is 3.12. The van der Waals surface area contributed by atoms with Crippen molar-refractivity contribution in [2.45, 2.75) is 12.6 Å². The van der Waals surface area contributed by atoms with Crippen LogP contribution >= 0.6 is 0 Å². The summed E-state index contributed by atoms with van der Waals surface area (Å²) in [5, 5.41) is 4.87. The second-order valence-corrected chi connectivity index (χ2v) is 2.55. The van der Waals surface area contributed by atoms with Crippen LogP contribution in [0.1, 0.15) is 5.89 Å². The van der Waals surface area contributed by atoms with Gasteiger partial charge in [0.2, 0.25) is 5.89 Å². The molecule has 0 atom stereocenters. The standard InChI is InChI=1S/C6H7F3N4O2/c7-6(8,9)4(14)11-2-1-3-12-5(10)13-15-3/h1-2H2,(H2,10,13)(H,11,14). The van der Waals surface area contributed by atoms with Crippen molar-refractivity contribution < 1.29 is 22.5 Å². The molecule has 0 fully saturated rings. The Labute approximate surface area is 81.6 Å². The Hall–Kier alpha value is -1.80. The van der Waals surface area contributed by atoms with E-state index in [0.29, 0.717) is 0 Å². The molecule has 3 N–H and O–H groups in total. The number of carbonyl (C=O) groups excluding carboxylic acids is 1. The highest BCUT2D eigenvalue weighted by atomic mass is 19.4. The molecule has 1 amide bonds. The third kappa shape index (κ3) is 3.44. The first-order valence-electron chi connectivity index (χ1n) is 3.82. The van der Waals surface area contributed by atoms with Crippen LogP contribution in [0, 0.1) is 0 Å². The zero-order chi connectivity index (χ0) is 11.5. The van der Waals surface area contributed by atoms with E-state index in [0.717, 1.165) is 0 Å². The van der Waals surface area contributed by atoms with Gasteiger partial charge in [-0.05, 0) is 5.16 Å². The van der Waals surface area contributed by atoms with Crippen LogP contribution in [-0.2, 0) is 11.2 Å². The SMILES string of the molecule is Nc1noc(CCNC(=O)C(F)(F)F)n1. The Bertz CT molecular complexity index is 348. The summed E-state index contributed by atoms with van der Waals surface area (Å²) in [7, 11) is 0. The predicted molar refractivity (Wildman–Crippen MR) is 41.5 cm³/mol. The van der Waals surface area contributed by atoms with Gasteiger partial charge in [-0.25, -0.2) is 0 Å². The monoisotopic (exact) mass is 224 g/mol. The van der Waals surface area contributed by atoms with Crippen LogP contribution in [0.2, 0.25) is 0 Å². The quantitative estimate of drug-likeness (QED) is 0.745. The minimum atomic E-state index is -4.88. The summed E-state index contributed by atoms with van der Waals surface area (Å²) in [6, 6.07) is 0. The Morgan fingerprint density at radius 1 is 1.53 bits per heavy atom. The van der Waals surface area contributed by atoms with E-state index in [1.165, 1.54) is 0 Å². The molecular formula is C6H7F3N4O2. The first-order chi connectivity index (χ1) is 6.89. The van der Waals surface area contributed by atoms with Crippen LogP contribution in [0.25, 0.3) is 0 Å². The van der Waals surface area contributed by atoms with E-state index in [-0.39, 0.29) is 24.8 Å². The summed E-state index contributed by atoms with van der Waals surface area (Å²) in [5.41, 5.74) is 5.10. The zero-order valence-corrected chi connectivity index (χ0v) is 7.34. The van der Waals surface area contributed by atoms with Crippen LogP contribution < -0.4 is 11.1 Å². The number of carbonyl (C=O) groups is 1. The molecule has 15 heavy (non-hydrogen) atoms. The molecule has 0 spiro atoms. The number of hydrogen-bond donors (Lipinski definition) is 2. The van der Waals surface area contributed by atoms with Crippen LogP contribution in [0.4, 0.5) is 19.1 Å². The Balaban J connectivity index is 2.31. The van der Waals surface area contributed by atoms with E-state index in [4.69, 9.17) is 5.73 Å². The van der Waals surface area contributed by atoms with Gasteiger partial charge in [0.05, 0.1) is 0 Å². The van der Waals surface area contributed by atoms with Crippen molar-refractivity contribution in [2.24, 2.45) is 0 Å². The summed E-state index contributed by atoms with van der Waals surface area (Å²) in [6.45, 7) is -0.250. The molecule has 1 heterocycles. The molecule has 6 nitrogen and oxygen atoms in total. The van der Waals surface area contributed by atoms with Crippen molar-refractivity contribution in [1.82, 2.24) is 15.5 Å². The van der Waals surface area contributed by atoms with Gasteiger partial charge in [0.15, 0.2) is 0 Å².